The fraction of sp³-hybridized carbons (Fsp3) is 0.600. The third-order valence-corrected chi connectivity index (χ3v) is 15.1. The van der Waals surface area contributed by atoms with Gasteiger partial charge in [-0.05, 0) is 129 Å². The number of carbonyl (C=O) groups excluding carboxylic acids is 6. The first-order valence-electron chi connectivity index (χ1n) is 18.7. The number of nitrogens with zero attached hydrogens (tertiary/aromatic N) is 4. The van der Waals surface area contributed by atoms with Crippen LogP contribution in [0.25, 0.3) is 0 Å². The smallest absolute Gasteiger partial charge is 0.327 e. The van der Waals surface area contributed by atoms with Gasteiger partial charge >= 0.3 is 12.1 Å². The molecule has 5 saturated carbocycles. The molecule has 7 fully saturated rings. The number of carbonyl (C=O) groups is 6. The van der Waals surface area contributed by atoms with Crippen molar-refractivity contribution in [2.24, 2.45) is 40.9 Å². The Morgan fingerprint density at radius 1 is 0.769 bits per heavy atom. The highest BCUT2D eigenvalue weighted by Crippen LogP contribution is 2.68. The summed E-state index contributed by atoms with van der Waals surface area (Å²) in [5.74, 6) is -0.632. The van der Waals surface area contributed by atoms with Crippen LogP contribution in [-0.2, 0) is 9.59 Å². The van der Waals surface area contributed by atoms with E-state index in [0.717, 1.165) is 41.0 Å². The van der Waals surface area contributed by atoms with E-state index in [2.05, 4.69) is 18.8 Å². The van der Waals surface area contributed by atoms with E-state index in [1.165, 1.54) is 22.3 Å². The molecule has 52 heavy (non-hydrogen) atoms. The molecule has 1 aromatic carbocycles. The van der Waals surface area contributed by atoms with E-state index in [4.69, 9.17) is 0 Å². The van der Waals surface area contributed by atoms with E-state index in [1.807, 2.05) is 6.92 Å². The quantitative estimate of drug-likeness (QED) is 0.265. The Bertz CT molecular complexity index is 1910. The number of phenols is 1. The number of aromatic amines is 1. The predicted octanol–water partition coefficient (Wildman–Crippen LogP) is 5.29. The second-order valence-electron chi connectivity index (χ2n) is 17.5. The van der Waals surface area contributed by atoms with Crippen molar-refractivity contribution in [3.8, 4) is 5.75 Å². The molecule has 4 bridgehead atoms. The van der Waals surface area contributed by atoms with Crippen molar-refractivity contribution < 1.29 is 33.9 Å². The monoisotopic (exact) mass is 711 g/mol. The maximum absolute atomic E-state index is 14.2. The molecular formula is C40H49N5O7. The Labute approximate surface area is 303 Å². The molecule has 9 atom stereocenters. The fourth-order valence-corrected chi connectivity index (χ4v) is 11.7. The minimum absolute atomic E-state index is 0.0728. The van der Waals surface area contributed by atoms with Crippen LogP contribution in [0.15, 0.2) is 36.5 Å². The SMILES string of the molecule is CN1C(=O)N(CC(=O)c2cc(O)cc(C3CC(C4(C)C(=O)N(CC(=O)c5ccc[nH]5)C(=O)N4C)C4CC3C4(C)C)c2)C(=O)C1(C)C1CC2CCC1C2. The third kappa shape index (κ3) is 4.63. The first-order chi connectivity index (χ1) is 24.5. The number of fused-ring (bicyclic) bond motifs is 4. The minimum atomic E-state index is -1.21. The number of hydrogen-bond donors (Lipinski definition) is 2. The number of rotatable bonds is 9. The highest BCUT2D eigenvalue weighted by atomic mass is 16.3. The van der Waals surface area contributed by atoms with Crippen molar-refractivity contribution in [1.82, 2.24) is 24.6 Å². The van der Waals surface area contributed by atoms with Crippen molar-refractivity contribution in [2.75, 3.05) is 27.2 Å². The second-order valence-corrected chi connectivity index (χ2v) is 17.5. The van der Waals surface area contributed by atoms with Gasteiger partial charge < -0.3 is 19.9 Å². The van der Waals surface area contributed by atoms with Crippen LogP contribution in [0.4, 0.5) is 9.59 Å². The molecule has 2 N–H and O–H groups in total. The zero-order valence-electron chi connectivity index (χ0n) is 30.8. The number of likely N-dealkylation sites (N-methyl/N-ethyl adjacent to an activating group) is 2. The molecule has 276 valence electrons. The van der Waals surface area contributed by atoms with Gasteiger partial charge in [0, 0.05) is 25.9 Å². The molecule has 0 radical (unpaired) electrons. The molecule has 9 unspecified atom stereocenters. The number of phenolic OH excluding ortho intramolecular Hbond substituents is 1. The van der Waals surface area contributed by atoms with Gasteiger partial charge in [-0.3, -0.25) is 29.0 Å². The summed E-state index contributed by atoms with van der Waals surface area (Å²) in [6.45, 7) is 7.22. The summed E-state index contributed by atoms with van der Waals surface area (Å²) in [6.07, 6.45) is 7.20. The summed E-state index contributed by atoms with van der Waals surface area (Å²) in [4.78, 5) is 90.2. The summed E-state index contributed by atoms with van der Waals surface area (Å²) in [6, 6.07) is 7.13. The Morgan fingerprint density at radius 2 is 1.40 bits per heavy atom. The summed E-state index contributed by atoms with van der Waals surface area (Å²) in [5, 5.41) is 11.0. The minimum Gasteiger partial charge on any atom is -0.508 e. The van der Waals surface area contributed by atoms with Crippen LogP contribution in [-0.4, -0.2) is 103 Å². The van der Waals surface area contributed by atoms with Crippen molar-refractivity contribution >= 4 is 35.4 Å². The standard InChI is InChI=1S/C40H49N5O7/c1-38(2)28-18-29(38)30(40(4)35(50)45(37(52)43(40)6)20-33(48)31-8-7-11-41-31)17-26(28)23-14-24(16-25(46)15-23)32(47)19-44-34(49)39(3,42(5)36(44)51)27-13-21-9-10-22(27)12-21/h7-8,11,14-16,21-22,26-30,41,46H,9-10,12-13,17-20H2,1-6H3. The lowest BCUT2D eigenvalue weighted by molar-refractivity contribution is -0.163. The van der Waals surface area contributed by atoms with Crippen LogP contribution >= 0.6 is 0 Å². The van der Waals surface area contributed by atoms with Gasteiger partial charge in [0.05, 0.1) is 18.8 Å². The molecule has 0 spiro atoms. The highest BCUT2D eigenvalue weighted by molar-refractivity contribution is 6.12. The van der Waals surface area contributed by atoms with Gasteiger partial charge in [-0.15, -0.1) is 0 Å². The zero-order chi connectivity index (χ0) is 37.2. The lowest BCUT2D eigenvalue weighted by atomic mass is 9.39. The second kappa shape index (κ2) is 11.5. The van der Waals surface area contributed by atoms with E-state index in [-0.39, 0.29) is 64.6 Å². The Morgan fingerprint density at radius 3 is 1.96 bits per heavy atom. The van der Waals surface area contributed by atoms with E-state index in [0.29, 0.717) is 24.0 Å². The van der Waals surface area contributed by atoms with Crippen LogP contribution in [0, 0.1) is 40.9 Å². The number of amides is 6. The number of aromatic nitrogens is 1. The molecule has 6 amide bonds. The zero-order valence-corrected chi connectivity index (χ0v) is 30.8. The first kappa shape index (κ1) is 34.6. The molecule has 12 nitrogen and oxygen atoms in total. The number of nitrogens with one attached hydrogen (secondary N) is 1. The van der Waals surface area contributed by atoms with Crippen molar-refractivity contribution in [3.63, 3.8) is 0 Å². The number of aromatic hydroxyl groups is 1. The average molecular weight is 712 g/mol. The van der Waals surface area contributed by atoms with Crippen molar-refractivity contribution in [1.29, 1.82) is 0 Å². The first-order valence-corrected chi connectivity index (χ1v) is 18.7. The summed E-state index contributed by atoms with van der Waals surface area (Å²) in [5.41, 5.74) is -1.12. The number of imide groups is 2. The van der Waals surface area contributed by atoms with E-state index in [9.17, 15) is 33.9 Å². The van der Waals surface area contributed by atoms with Gasteiger partial charge in [0.15, 0.2) is 11.6 Å². The molecule has 2 aliphatic heterocycles. The lowest BCUT2D eigenvalue weighted by Gasteiger charge is -2.66. The lowest BCUT2D eigenvalue weighted by Crippen LogP contribution is -2.64. The van der Waals surface area contributed by atoms with Gasteiger partial charge in [-0.2, -0.15) is 0 Å². The molecule has 3 heterocycles. The van der Waals surface area contributed by atoms with Crippen LogP contribution in [0.3, 0.4) is 0 Å². The molecular weight excluding hydrogens is 662 g/mol. The normalized spacial score (nSPS) is 36.3. The largest absolute Gasteiger partial charge is 0.508 e. The average Bonchev–Trinajstić information content (AvgIpc) is 3.96. The molecule has 12 heteroatoms. The number of Topliss-reactive ketones (excluding diaryl/α,β-unsaturated/α-hetero) is 2. The maximum Gasteiger partial charge on any atom is 0.327 e. The summed E-state index contributed by atoms with van der Waals surface area (Å²) >= 11 is 0. The molecule has 1 aromatic heterocycles. The molecule has 2 saturated heterocycles. The summed E-state index contributed by atoms with van der Waals surface area (Å²) < 4.78 is 0. The van der Waals surface area contributed by atoms with Crippen LogP contribution in [0.5, 0.6) is 5.75 Å². The number of hydrogen-bond acceptors (Lipinski definition) is 7. The molecule has 2 aromatic rings. The van der Waals surface area contributed by atoms with Crippen LogP contribution in [0.2, 0.25) is 0 Å². The number of H-pyrrole nitrogens is 1. The maximum atomic E-state index is 14.2. The predicted molar refractivity (Wildman–Crippen MR) is 189 cm³/mol. The third-order valence-electron chi connectivity index (χ3n) is 15.1. The molecule has 7 aliphatic rings. The van der Waals surface area contributed by atoms with Crippen molar-refractivity contribution in [2.45, 2.75) is 83.2 Å². The number of urea groups is 2. The van der Waals surface area contributed by atoms with Gasteiger partial charge in [0.25, 0.3) is 11.8 Å². The van der Waals surface area contributed by atoms with Gasteiger partial charge in [-0.25, -0.2) is 9.59 Å². The van der Waals surface area contributed by atoms with Crippen LogP contribution < -0.4 is 0 Å². The Balaban J connectivity index is 1.04. The highest BCUT2D eigenvalue weighted by Gasteiger charge is 2.68. The van der Waals surface area contributed by atoms with Gasteiger partial charge in [0.1, 0.15) is 16.8 Å². The number of ketones is 2. The Hall–Kier alpha value is -4.48. The van der Waals surface area contributed by atoms with E-state index in [1.54, 1.807) is 51.5 Å². The van der Waals surface area contributed by atoms with Gasteiger partial charge in [0.2, 0.25) is 0 Å². The molecule has 5 aliphatic carbocycles. The van der Waals surface area contributed by atoms with Crippen LogP contribution in [0.1, 0.15) is 98.5 Å². The van der Waals surface area contributed by atoms with Gasteiger partial charge in [-0.1, -0.05) is 20.3 Å². The van der Waals surface area contributed by atoms with Crippen molar-refractivity contribution in [3.05, 3.63) is 53.3 Å². The van der Waals surface area contributed by atoms with E-state index >= 15 is 0 Å². The summed E-state index contributed by atoms with van der Waals surface area (Å²) in [7, 11) is 3.29. The topological polar surface area (TPSA) is 151 Å². The number of benzene rings is 1. The fourth-order valence-electron chi connectivity index (χ4n) is 11.7. The van der Waals surface area contributed by atoms with E-state index < -0.39 is 41.4 Å². The Kier molecular flexibility index (Phi) is 7.66. The molecule has 9 rings (SSSR count).